The van der Waals surface area contributed by atoms with E-state index in [-0.39, 0.29) is 0 Å². The standard InChI is InChI=1S/C30H37N5O8S2/c1-29(2)22(21(16-44(38,39)40)20-12-10-18(14-23(20)29)33-27(36)31-5)8-7-9-26-30(3,4)24-15-19(34-28(37)32-6)11-13-25(24)35(26)17-45(41,42)43/h7-15H,16-17H2,1-6H3,(H2,31,33,36)(H2,32,34,37)(H,38,39,40)(H,41,42,43)/b8-7+,26-9+. The van der Waals surface area contributed by atoms with Crippen LogP contribution in [0.2, 0.25) is 0 Å². The molecule has 0 spiro atoms. The molecule has 242 valence electrons. The van der Waals surface area contributed by atoms with Crippen LogP contribution in [-0.2, 0) is 31.1 Å². The van der Waals surface area contributed by atoms with Crippen molar-refractivity contribution >= 4 is 54.9 Å². The molecule has 6 N–H and O–H groups in total. The highest BCUT2D eigenvalue weighted by Gasteiger charge is 2.42. The van der Waals surface area contributed by atoms with Crippen LogP contribution in [0.5, 0.6) is 0 Å². The maximum atomic E-state index is 12.1. The predicted octanol–water partition coefficient (Wildman–Crippen LogP) is 4.21. The molecule has 4 amide bonds. The summed E-state index contributed by atoms with van der Waals surface area (Å²) in [5.41, 5.74) is 3.50. The van der Waals surface area contributed by atoms with Gasteiger partial charge in [-0.15, -0.1) is 0 Å². The summed E-state index contributed by atoms with van der Waals surface area (Å²) >= 11 is 0. The quantitative estimate of drug-likeness (QED) is 0.225. The second kappa shape index (κ2) is 12.0. The lowest BCUT2D eigenvalue weighted by atomic mass is 9.80. The van der Waals surface area contributed by atoms with E-state index < -0.39 is 54.8 Å². The molecule has 0 atom stereocenters. The van der Waals surface area contributed by atoms with Crippen LogP contribution in [0.15, 0.2) is 65.9 Å². The second-order valence-corrected chi connectivity index (χ2v) is 14.7. The van der Waals surface area contributed by atoms with Gasteiger partial charge in [0, 0.05) is 47.7 Å². The van der Waals surface area contributed by atoms with E-state index >= 15 is 0 Å². The van der Waals surface area contributed by atoms with Gasteiger partial charge < -0.3 is 26.2 Å². The molecule has 0 radical (unpaired) electrons. The number of carbonyl (C=O) groups excluding carboxylic acids is 2. The van der Waals surface area contributed by atoms with Crippen molar-refractivity contribution in [3.63, 3.8) is 0 Å². The van der Waals surface area contributed by atoms with Gasteiger partial charge in [-0.05, 0) is 64.2 Å². The minimum atomic E-state index is -4.46. The van der Waals surface area contributed by atoms with Crippen molar-refractivity contribution in [2.24, 2.45) is 0 Å². The van der Waals surface area contributed by atoms with E-state index in [4.69, 9.17) is 0 Å². The van der Waals surface area contributed by atoms with Crippen molar-refractivity contribution in [1.82, 2.24) is 10.6 Å². The van der Waals surface area contributed by atoms with E-state index in [0.717, 1.165) is 5.56 Å². The predicted molar refractivity (Wildman–Crippen MR) is 175 cm³/mol. The zero-order chi connectivity index (χ0) is 33.5. The molecule has 0 saturated heterocycles. The molecule has 0 saturated carbocycles. The van der Waals surface area contributed by atoms with Crippen LogP contribution in [-0.4, -0.2) is 63.7 Å². The first kappa shape index (κ1) is 33.7. The lowest BCUT2D eigenvalue weighted by Crippen LogP contribution is -2.30. The molecule has 2 aromatic carbocycles. The number of nitrogens with one attached hydrogen (secondary N) is 4. The number of fused-ring (bicyclic) bond motifs is 2. The van der Waals surface area contributed by atoms with E-state index in [1.807, 2.05) is 27.7 Å². The molecular formula is C30H37N5O8S2. The van der Waals surface area contributed by atoms with Crippen molar-refractivity contribution in [3.05, 3.63) is 82.6 Å². The van der Waals surface area contributed by atoms with E-state index in [2.05, 4.69) is 21.3 Å². The first-order chi connectivity index (χ1) is 20.8. The average Bonchev–Trinajstić information content (AvgIpc) is 3.25. The van der Waals surface area contributed by atoms with E-state index in [1.54, 1.807) is 54.6 Å². The first-order valence-electron chi connectivity index (χ1n) is 13.9. The molecule has 0 aromatic heterocycles. The highest BCUT2D eigenvalue weighted by atomic mass is 32.2. The number of carbonyl (C=O) groups is 2. The number of anilines is 3. The number of allylic oxidation sites excluding steroid dienone is 5. The number of nitrogens with zero attached hydrogens (tertiary/aromatic N) is 1. The first-order valence-corrected chi connectivity index (χ1v) is 17.1. The van der Waals surface area contributed by atoms with Gasteiger partial charge in [0.05, 0.1) is 0 Å². The Bertz CT molecular complexity index is 1880. The van der Waals surface area contributed by atoms with Gasteiger partial charge in [0.15, 0.2) is 5.88 Å². The maximum absolute atomic E-state index is 12.1. The second-order valence-electron chi connectivity index (χ2n) is 11.8. The van der Waals surface area contributed by atoms with E-state index in [1.165, 1.54) is 19.0 Å². The fraction of sp³-hybridized carbons (Fsp3) is 0.333. The normalized spacial score (nSPS) is 17.8. The third-order valence-electron chi connectivity index (χ3n) is 8.01. The molecular weight excluding hydrogens is 622 g/mol. The molecule has 45 heavy (non-hydrogen) atoms. The Morgan fingerprint density at radius 3 is 1.91 bits per heavy atom. The molecule has 2 aliphatic rings. The Morgan fingerprint density at radius 1 is 0.822 bits per heavy atom. The number of amides is 4. The van der Waals surface area contributed by atoms with Crippen molar-refractivity contribution in [1.29, 1.82) is 0 Å². The Balaban J connectivity index is 1.81. The van der Waals surface area contributed by atoms with Crippen LogP contribution in [0.1, 0.15) is 44.4 Å². The highest BCUT2D eigenvalue weighted by Crippen LogP contribution is 2.50. The highest BCUT2D eigenvalue weighted by molar-refractivity contribution is 7.86. The summed E-state index contributed by atoms with van der Waals surface area (Å²) in [6.07, 6.45) is 5.07. The topological polar surface area (TPSA) is 194 Å². The minimum Gasteiger partial charge on any atom is -0.341 e. The number of hydrogen-bond acceptors (Lipinski definition) is 7. The van der Waals surface area contributed by atoms with Gasteiger partial charge in [0.25, 0.3) is 20.2 Å². The number of urea groups is 2. The molecule has 0 unspecified atom stereocenters. The monoisotopic (exact) mass is 659 g/mol. The Hall–Kier alpha value is -4.18. The fourth-order valence-electron chi connectivity index (χ4n) is 5.89. The van der Waals surface area contributed by atoms with Crippen molar-refractivity contribution in [2.45, 2.75) is 38.5 Å². The summed E-state index contributed by atoms with van der Waals surface area (Å²) < 4.78 is 67.9. The SMILES string of the molecule is CNC(=O)Nc1ccc2c(c1)C(C)(C)C(/C=C/C=C1/N(CS(=O)(=O)O)c3ccc(NC(=O)NC)cc3C1(C)C)=C2CS(=O)(=O)O. The third kappa shape index (κ3) is 7.06. The summed E-state index contributed by atoms with van der Waals surface area (Å²) in [6.45, 7) is 7.53. The zero-order valence-corrected chi connectivity index (χ0v) is 27.4. The number of benzene rings is 2. The van der Waals surface area contributed by atoms with Gasteiger partial charge in [0.2, 0.25) is 0 Å². The smallest absolute Gasteiger partial charge is 0.318 e. The van der Waals surface area contributed by atoms with Crippen LogP contribution >= 0.6 is 0 Å². The maximum Gasteiger partial charge on any atom is 0.318 e. The molecule has 2 aromatic rings. The van der Waals surface area contributed by atoms with Crippen LogP contribution in [0, 0.1) is 0 Å². The molecule has 0 bridgehead atoms. The zero-order valence-electron chi connectivity index (χ0n) is 25.7. The molecule has 1 aliphatic heterocycles. The average molecular weight is 660 g/mol. The molecule has 0 fully saturated rings. The van der Waals surface area contributed by atoms with Gasteiger partial charge in [0.1, 0.15) is 5.75 Å². The molecule has 13 nitrogen and oxygen atoms in total. The third-order valence-corrected chi connectivity index (χ3v) is 9.25. The van der Waals surface area contributed by atoms with Gasteiger partial charge in [-0.1, -0.05) is 45.9 Å². The van der Waals surface area contributed by atoms with Crippen molar-refractivity contribution in [3.8, 4) is 0 Å². The van der Waals surface area contributed by atoms with Crippen LogP contribution < -0.4 is 26.2 Å². The van der Waals surface area contributed by atoms with E-state index in [9.17, 15) is 35.5 Å². The van der Waals surface area contributed by atoms with Crippen molar-refractivity contribution < 1.29 is 35.5 Å². The summed E-state index contributed by atoms with van der Waals surface area (Å²) in [6, 6.07) is 9.26. The van der Waals surface area contributed by atoms with Gasteiger partial charge in [-0.2, -0.15) is 16.8 Å². The molecule has 15 heteroatoms. The lowest BCUT2D eigenvalue weighted by molar-refractivity contribution is 0.253. The van der Waals surface area contributed by atoms with Crippen LogP contribution in [0.3, 0.4) is 0 Å². The molecule has 4 rings (SSSR count). The minimum absolute atomic E-state index is 0.382. The lowest BCUT2D eigenvalue weighted by Gasteiger charge is -2.26. The van der Waals surface area contributed by atoms with Gasteiger partial charge in [-0.3, -0.25) is 9.11 Å². The summed E-state index contributed by atoms with van der Waals surface area (Å²) in [4.78, 5) is 25.3. The summed E-state index contributed by atoms with van der Waals surface area (Å²) in [5.74, 6) is -1.37. The summed E-state index contributed by atoms with van der Waals surface area (Å²) in [7, 11) is -5.93. The molecule has 1 aliphatic carbocycles. The fourth-order valence-corrected chi connectivity index (χ4v) is 7.17. The van der Waals surface area contributed by atoms with Crippen molar-refractivity contribution in [2.75, 3.05) is 41.3 Å². The number of rotatable bonds is 8. The van der Waals surface area contributed by atoms with Crippen LogP contribution in [0.25, 0.3) is 5.57 Å². The van der Waals surface area contributed by atoms with Gasteiger partial charge in [-0.25, -0.2) is 9.59 Å². The van der Waals surface area contributed by atoms with E-state index in [0.29, 0.717) is 45.0 Å². The Labute approximate surface area is 263 Å². The molecule has 1 heterocycles. The van der Waals surface area contributed by atoms with Gasteiger partial charge >= 0.3 is 12.1 Å². The Morgan fingerprint density at radius 2 is 1.38 bits per heavy atom. The number of hydrogen-bond donors (Lipinski definition) is 6. The summed E-state index contributed by atoms with van der Waals surface area (Å²) in [5, 5.41) is 10.4. The Kier molecular flexibility index (Phi) is 8.96. The van der Waals surface area contributed by atoms with Crippen LogP contribution in [0.4, 0.5) is 26.7 Å². The largest absolute Gasteiger partial charge is 0.341 e.